The third-order valence-corrected chi connectivity index (χ3v) is 6.27. The standard InChI is InChI=1S/C23H29N3O5S/c1-6-25(3)19(27)13-17-14-32-23-24-15(2)20(22(28)31-11-10-29-4)21(26(17)23)16-8-7-9-18(12-16)30-5/h7-9,12,14,21H,6,10-11,13H2,1-5H3. The normalized spacial score (nSPS) is 17.5. The highest BCUT2D eigenvalue weighted by Crippen LogP contribution is 2.45. The van der Waals surface area contributed by atoms with Crippen molar-refractivity contribution in [2.45, 2.75) is 26.3 Å². The Hall–Kier alpha value is -2.78. The first-order valence-electron chi connectivity index (χ1n) is 10.4. The predicted molar refractivity (Wildman–Crippen MR) is 124 cm³/mol. The quantitative estimate of drug-likeness (QED) is 0.414. The summed E-state index contributed by atoms with van der Waals surface area (Å²) in [5.41, 5.74) is 2.66. The van der Waals surface area contributed by atoms with Crippen molar-refractivity contribution in [1.29, 1.82) is 0 Å². The van der Waals surface area contributed by atoms with E-state index in [-0.39, 0.29) is 18.9 Å². The van der Waals surface area contributed by atoms with Crippen LogP contribution in [-0.4, -0.2) is 67.9 Å². The minimum Gasteiger partial charge on any atom is -0.497 e. The number of carbonyl (C=O) groups is 2. The second-order valence-corrected chi connectivity index (χ2v) is 8.22. The fourth-order valence-corrected chi connectivity index (χ4v) is 4.48. The zero-order valence-corrected chi connectivity index (χ0v) is 19.9. The summed E-state index contributed by atoms with van der Waals surface area (Å²) in [4.78, 5) is 34.1. The van der Waals surface area contributed by atoms with Crippen molar-refractivity contribution in [3.8, 4) is 5.75 Å². The summed E-state index contributed by atoms with van der Waals surface area (Å²) in [6.07, 6.45) is 0.210. The van der Waals surface area contributed by atoms with Crippen LogP contribution in [0.1, 0.15) is 31.9 Å². The SMILES string of the molecule is CCN(C)C(=O)CC1=CSC2=NC(C)=C(C(=O)OCCOC)C(c3cccc(OC)c3)N12. The maximum absolute atomic E-state index is 13.1. The predicted octanol–water partition coefficient (Wildman–Crippen LogP) is 3.33. The Balaban J connectivity index is 2.03. The second kappa shape index (κ2) is 10.7. The lowest BCUT2D eigenvalue weighted by atomic mass is 9.93. The summed E-state index contributed by atoms with van der Waals surface area (Å²) in [5, 5.41) is 2.66. The first kappa shape index (κ1) is 23.9. The van der Waals surface area contributed by atoms with E-state index in [1.165, 1.54) is 11.8 Å². The number of thioether (sulfide) groups is 1. The second-order valence-electron chi connectivity index (χ2n) is 7.38. The van der Waals surface area contributed by atoms with Crippen molar-refractivity contribution in [3.05, 3.63) is 52.2 Å². The topological polar surface area (TPSA) is 80.7 Å². The highest BCUT2D eigenvalue weighted by atomic mass is 32.2. The van der Waals surface area contributed by atoms with Crippen LogP contribution in [0.4, 0.5) is 0 Å². The van der Waals surface area contributed by atoms with Crippen molar-refractivity contribution in [3.63, 3.8) is 0 Å². The molecule has 2 aliphatic heterocycles. The highest BCUT2D eigenvalue weighted by Gasteiger charge is 2.41. The van der Waals surface area contributed by atoms with Gasteiger partial charge in [-0.2, -0.15) is 0 Å². The number of amides is 1. The fraction of sp³-hybridized carbons (Fsp3) is 0.435. The zero-order valence-electron chi connectivity index (χ0n) is 19.1. The lowest BCUT2D eigenvalue weighted by Crippen LogP contribution is -2.38. The van der Waals surface area contributed by atoms with Crippen LogP contribution in [0.15, 0.2) is 51.6 Å². The molecule has 0 radical (unpaired) electrons. The molecular formula is C23H29N3O5S. The van der Waals surface area contributed by atoms with Gasteiger partial charge in [0, 0.05) is 26.4 Å². The van der Waals surface area contributed by atoms with Gasteiger partial charge in [-0.3, -0.25) is 4.79 Å². The van der Waals surface area contributed by atoms with Crippen molar-refractivity contribution >= 4 is 28.8 Å². The Bertz CT molecular complexity index is 972. The van der Waals surface area contributed by atoms with E-state index in [9.17, 15) is 9.59 Å². The summed E-state index contributed by atoms with van der Waals surface area (Å²) in [5.74, 6) is 0.222. The van der Waals surface area contributed by atoms with Gasteiger partial charge in [-0.05, 0) is 37.0 Å². The van der Waals surface area contributed by atoms with Gasteiger partial charge in [0.15, 0.2) is 5.17 Å². The van der Waals surface area contributed by atoms with Crippen LogP contribution in [0.25, 0.3) is 0 Å². The van der Waals surface area contributed by atoms with Gasteiger partial charge in [0.1, 0.15) is 12.4 Å². The van der Waals surface area contributed by atoms with Crippen LogP contribution in [0.2, 0.25) is 0 Å². The molecule has 0 aromatic heterocycles. The van der Waals surface area contributed by atoms with Crippen molar-refractivity contribution in [2.24, 2.45) is 4.99 Å². The summed E-state index contributed by atoms with van der Waals surface area (Å²) in [6, 6.07) is 7.07. The number of hydrogen-bond acceptors (Lipinski definition) is 8. The van der Waals surface area contributed by atoms with Crippen LogP contribution in [0.3, 0.4) is 0 Å². The van der Waals surface area contributed by atoms with E-state index in [1.807, 2.05) is 41.5 Å². The summed E-state index contributed by atoms with van der Waals surface area (Å²) >= 11 is 1.45. The van der Waals surface area contributed by atoms with Gasteiger partial charge in [-0.15, -0.1) is 0 Å². The maximum atomic E-state index is 13.1. The number of rotatable bonds is 9. The van der Waals surface area contributed by atoms with Crippen LogP contribution in [0.5, 0.6) is 5.75 Å². The lowest BCUT2D eigenvalue weighted by molar-refractivity contribution is -0.141. The molecule has 2 heterocycles. The van der Waals surface area contributed by atoms with Gasteiger partial charge in [0.25, 0.3) is 0 Å². The van der Waals surface area contributed by atoms with E-state index in [0.29, 0.717) is 30.2 Å². The average molecular weight is 460 g/mol. The third-order valence-electron chi connectivity index (χ3n) is 5.38. The molecule has 0 saturated heterocycles. The van der Waals surface area contributed by atoms with E-state index in [0.717, 1.165) is 16.4 Å². The van der Waals surface area contributed by atoms with Gasteiger partial charge < -0.3 is 24.0 Å². The smallest absolute Gasteiger partial charge is 0.338 e. The molecule has 0 saturated carbocycles. The molecule has 0 aliphatic carbocycles. The van der Waals surface area contributed by atoms with Crippen molar-refractivity contribution in [2.75, 3.05) is 41.0 Å². The summed E-state index contributed by atoms with van der Waals surface area (Å²) in [7, 11) is 4.93. The number of nitrogens with zero attached hydrogens (tertiary/aromatic N) is 3. The molecule has 1 aromatic carbocycles. The molecule has 0 bridgehead atoms. The highest BCUT2D eigenvalue weighted by molar-refractivity contribution is 8.16. The Morgan fingerprint density at radius 2 is 2.03 bits per heavy atom. The van der Waals surface area contributed by atoms with Crippen molar-refractivity contribution in [1.82, 2.24) is 9.80 Å². The molecule has 32 heavy (non-hydrogen) atoms. The van der Waals surface area contributed by atoms with Crippen LogP contribution < -0.4 is 4.74 Å². The molecule has 0 N–H and O–H groups in total. The number of esters is 1. The molecule has 9 heteroatoms. The van der Waals surface area contributed by atoms with Crippen molar-refractivity contribution < 1.29 is 23.8 Å². The van der Waals surface area contributed by atoms with Crippen LogP contribution in [0, 0.1) is 0 Å². The molecule has 2 aliphatic rings. The molecule has 1 unspecified atom stereocenters. The summed E-state index contributed by atoms with van der Waals surface area (Å²) < 4.78 is 15.9. The average Bonchev–Trinajstić information content (AvgIpc) is 3.19. The summed E-state index contributed by atoms with van der Waals surface area (Å²) in [6.45, 7) is 4.81. The Morgan fingerprint density at radius 1 is 1.25 bits per heavy atom. The molecule has 1 aromatic rings. The molecule has 1 atom stereocenters. The molecule has 3 rings (SSSR count). The van der Waals surface area contributed by atoms with E-state index in [2.05, 4.69) is 4.99 Å². The van der Waals surface area contributed by atoms with Crippen LogP contribution >= 0.6 is 11.8 Å². The third kappa shape index (κ3) is 4.99. The Kier molecular flexibility index (Phi) is 7.98. The Labute approximate surface area is 192 Å². The fourth-order valence-electron chi connectivity index (χ4n) is 3.52. The van der Waals surface area contributed by atoms with Crippen LogP contribution in [-0.2, 0) is 19.1 Å². The number of ether oxygens (including phenoxy) is 3. The molecule has 8 nitrogen and oxygen atoms in total. The number of carbonyl (C=O) groups excluding carboxylic acids is 2. The minimum absolute atomic E-state index is 0.000452. The van der Waals surface area contributed by atoms with Gasteiger partial charge >= 0.3 is 5.97 Å². The number of amidine groups is 1. The number of allylic oxidation sites excluding steroid dienone is 1. The number of aliphatic imine (C=N–C) groups is 1. The number of benzene rings is 1. The number of methoxy groups -OCH3 is 2. The molecular weight excluding hydrogens is 430 g/mol. The first-order valence-corrected chi connectivity index (χ1v) is 11.3. The van der Waals surface area contributed by atoms with E-state index >= 15 is 0 Å². The molecule has 0 fully saturated rings. The van der Waals surface area contributed by atoms with E-state index in [4.69, 9.17) is 14.2 Å². The largest absolute Gasteiger partial charge is 0.497 e. The number of hydrogen-bond donors (Lipinski definition) is 0. The molecule has 1 amide bonds. The molecule has 0 spiro atoms. The first-order chi connectivity index (χ1) is 15.4. The van der Waals surface area contributed by atoms with E-state index in [1.54, 1.807) is 33.1 Å². The van der Waals surface area contributed by atoms with Gasteiger partial charge in [-0.25, -0.2) is 9.79 Å². The zero-order chi connectivity index (χ0) is 23.3. The van der Waals surface area contributed by atoms with Gasteiger partial charge in [0.05, 0.1) is 37.4 Å². The monoisotopic (exact) mass is 459 g/mol. The Morgan fingerprint density at radius 3 is 2.72 bits per heavy atom. The number of fused-ring (bicyclic) bond motifs is 1. The maximum Gasteiger partial charge on any atom is 0.338 e. The molecule has 172 valence electrons. The minimum atomic E-state index is -0.492. The lowest BCUT2D eigenvalue weighted by Gasteiger charge is -2.36. The van der Waals surface area contributed by atoms with Gasteiger partial charge in [0.2, 0.25) is 5.91 Å². The van der Waals surface area contributed by atoms with Gasteiger partial charge in [-0.1, -0.05) is 23.9 Å². The van der Waals surface area contributed by atoms with E-state index < -0.39 is 12.0 Å².